The first-order chi connectivity index (χ1) is 10.7. The van der Waals surface area contributed by atoms with Crippen LogP contribution in [0.5, 0.6) is 0 Å². The Morgan fingerprint density at radius 2 is 1.74 bits per heavy atom. The molecule has 0 fully saturated rings. The van der Waals surface area contributed by atoms with Gasteiger partial charge in [-0.2, -0.15) is 0 Å². The summed E-state index contributed by atoms with van der Waals surface area (Å²) in [7, 11) is -4.04. The summed E-state index contributed by atoms with van der Waals surface area (Å²) in [5.74, 6) is -1.50. The molecule has 0 atom stereocenters. The van der Waals surface area contributed by atoms with E-state index in [1.807, 2.05) is 0 Å². The number of carbonyl (C=O) groups is 1. The van der Waals surface area contributed by atoms with E-state index >= 15 is 0 Å². The number of hydrogen-bond donors (Lipinski definition) is 1. The molecule has 9 heteroatoms. The highest BCUT2D eigenvalue weighted by molar-refractivity contribution is 7.89. The highest BCUT2D eigenvalue weighted by Crippen LogP contribution is 2.24. The van der Waals surface area contributed by atoms with Crippen LogP contribution in [0, 0.1) is 0 Å². The summed E-state index contributed by atoms with van der Waals surface area (Å²) in [6.45, 7) is -0.107. The highest BCUT2D eigenvalue weighted by atomic mass is 35.5. The molecular weight excluding hydrogens is 385 g/mol. The van der Waals surface area contributed by atoms with Gasteiger partial charge in [0.15, 0.2) is 0 Å². The number of carboxylic acid groups (broad SMARTS) is 1. The third-order valence-electron chi connectivity index (χ3n) is 2.92. The van der Waals surface area contributed by atoms with Crippen LogP contribution in [-0.2, 0) is 16.6 Å². The number of carbonyl (C=O) groups excluding carboxylic acids is 1. The molecular formula is C14H9Cl3NO4S-. The Labute approximate surface area is 147 Å². The topological polar surface area (TPSA) is 86.3 Å². The predicted molar refractivity (Wildman–Crippen MR) is 86.3 cm³/mol. The molecule has 0 radical (unpaired) electrons. The van der Waals surface area contributed by atoms with Crippen LogP contribution in [0.1, 0.15) is 15.9 Å². The van der Waals surface area contributed by atoms with E-state index in [-0.39, 0.29) is 22.0 Å². The van der Waals surface area contributed by atoms with Crippen molar-refractivity contribution in [1.82, 2.24) is 4.72 Å². The lowest BCUT2D eigenvalue weighted by atomic mass is 10.2. The van der Waals surface area contributed by atoms with E-state index < -0.39 is 16.0 Å². The zero-order chi connectivity index (χ0) is 17.2. The molecule has 0 aliphatic rings. The number of nitrogens with one attached hydrogen (secondary N) is 1. The Kier molecular flexibility index (Phi) is 5.54. The van der Waals surface area contributed by atoms with E-state index in [1.54, 1.807) is 12.1 Å². The lowest BCUT2D eigenvalue weighted by molar-refractivity contribution is -0.255. The number of aromatic carboxylic acids is 1. The Bertz CT molecular complexity index is 868. The molecule has 122 valence electrons. The smallest absolute Gasteiger partial charge is 0.242 e. The third kappa shape index (κ3) is 4.37. The fourth-order valence-electron chi connectivity index (χ4n) is 1.75. The molecule has 23 heavy (non-hydrogen) atoms. The summed E-state index contributed by atoms with van der Waals surface area (Å²) in [4.78, 5) is 10.5. The van der Waals surface area contributed by atoms with Crippen molar-refractivity contribution >= 4 is 50.8 Å². The molecule has 0 aromatic heterocycles. The van der Waals surface area contributed by atoms with Crippen LogP contribution in [0.15, 0.2) is 41.3 Å². The van der Waals surface area contributed by atoms with Crippen LogP contribution in [0.25, 0.3) is 0 Å². The molecule has 0 spiro atoms. The average Bonchev–Trinajstić information content (AvgIpc) is 2.46. The lowest BCUT2D eigenvalue weighted by Gasteiger charge is -2.11. The van der Waals surface area contributed by atoms with Crippen molar-refractivity contribution < 1.29 is 18.3 Å². The first-order valence-corrected chi connectivity index (χ1v) is 8.77. The van der Waals surface area contributed by atoms with Gasteiger partial charge in [0.1, 0.15) is 4.90 Å². The van der Waals surface area contributed by atoms with Crippen molar-refractivity contribution in [3.63, 3.8) is 0 Å². The highest BCUT2D eigenvalue weighted by Gasteiger charge is 2.19. The lowest BCUT2D eigenvalue weighted by Crippen LogP contribution is -2.26. The van der Waals surface area contributed by atoms with Gasteiger partial charge in [-0.1, -0.05) is 46.9 Å². The van der Waals surface area contributed by atoms with E-state index in [1.165, 1.54) is 12.1 Å². The summed E-state index contributed by atoms with van der Waals surface area (Å²) < 4.78 is 26.9. The molecule has 0 aliphatic heterocycles. The van der Waals surface area contributed by atoms with Crippen LogP contribution in [0.2, 0.25) is 15.1 Å². The summed E-state index contributed by atoms with van der Waals surface area (Å²) in [6.07, 6.45) is 0. The normalized spacial score (nSPS) is 11.4. The molecule has 1 N–H and O–H groups in total. The van der Waals surface area contributed by atoms with Gasteiger partial charge in [0.05, 0.1) is 11.0 Å². The van der Waals surface area contributed by atoms with Gasteiger partial charge in [0.2, 0.25) is 10.0 Å². The van der Waals surface area contributed by atoms with Crippen molar-refractivity contribution in [3.8, 4) is 0 Å². The van der Waals surface area contributed by atoms with Gasteiger partial charge in [-0.05, 0) is 35.4 Å². The van der Waals surface area contributed by atoms with Crippen molar-refractivity contribution in [1.29, 1.82) is 0 Å². The first kappa shape index (κ1) is 18.0. The van der Waals surface area contributed by atoms with E-state index in [9.17, 15) is 18.3 Å². The fourth-order valence-corrected chi connectivity index (χ4v) is 3.76. The molecule has 0 aliphatic carbocycles. The van der Waals surface area contributed by atoms with Crippen molar-refractivity contribution in [2.45, 2.75) is 11.4 Å². The zero-order valence-corrected chi connectivity index (χ0v) is 14.4. The average molecular weight is 394 g/mol. The predicted octanol–water partition coefficient (Wildman–Crippen LogP) is 2.49. The Balaban J connectivity index is 2.28. The van der Waals surface area contributed by atoms with E-state index in [0.717, 1.165) is 12.1 Å². The largest absolute Gasteiger partial charge is 0.545 e. The van der Waals surface area contributed by atoms with Gasteiger partial charge >= 0.3 is 0 Å². The fraction of sp³-hybridized carbons (Fsp3) is 0.0714. The van der Waals surface area contributed by atoms with Gasteiger partial charge in [-0.25, -0.2) is 13.1 Å². The van der Waals surface area contributed by atoms with Crippen LogP contribution < -0.4 is 9.83 Å². The standard InChI is InChI=1S/C14H10Cl3NO4S/c15-10-3-1-9(12(17)6-10)7-18-23(21,22)13-5-8(14(19)20)2-4-11(13)16/h1-6,18H,7H2,(H,19,20)/p-1. The summed E-state index contributed by atoms with van der Waals surface area (Å²) >= 11 is 17.6. The number of rotatable bonds is 5. The first-order valence-electron chi connectivity index (χ1n) is 6.15. The molecule has 5 nitrogen and oxygen atoms in total. The molecule has 0 saturated carbocycles. The number of sulfonamides is 1. The summed E-state index contributed by atoms with van der Waals surface area (Å²) in [5.41, 5.74) is 0.214. The Hall–Kier alpha value is -1.31. The second-order valence-electron chi connectivity index (χ2n) is 4.49. The van der Waals surface area contributed by atoms with Gasteiger partial charge in [0, 0.05) is 16.6 Å². The minimum Gasteiger partial charge on any atom is -0.545 e. The molecule has 2 aromatic carbocycles. The summed E-state index contributed by atoms with van der Waals surface area (Å²) in [5, 5.41) is 11.5. The maximum Gasteiger partial charge on any atom is 0.242 e. The Morgan fingerprint density at radius 1 is 1.04 bits per heavy atom. The van der Waals surface area contributed by atoms with Crippen molar-refractivity contribution in [3.05, 3.63) is 62.6 Å². The molecule has 0 saturated heterocycles. The number of halogens is 3. The van der Waals surface area contributed by atoms with E-state index in [2.05, 4.69) is 4.72 Å². The van der Waals surface area contributed by atoms with Crippen LogP contribution >= 0.6 is 34.8 Å². The van der Waals surface area contributed by atoms with Crippen LogP contribution in [-0.4, -0.2) is 14.4 Å². The van der Waals surface area contributed by atoms with Gasteiger partial charge < -0.3 is 9.90 Å². The summed E-state index contributed by atoms with van der Waals surface area (Å²) in [6, 6.07) is 7.90. The van der Waals surface area contributed by atoms with Gasteiger partial charge in [0.25, 0.3) is 0 Å². The molecule has 2 aromatic rings. The SMILES string of the molecule is O=C([O-])c1ccc(Cl)c(S(=O)(=O)NCc2ccc(Cl)cc2Cl)c1. The number of benzene rings is 2. The third-order valence-corrected chi connectivity index (χ3v) is 5.39. The number of carboxylic acids is 1. The molecule has 0 bridgehead atoms. The molecule has 0 heterocycles. The minimum atomic E-state index is -4.04. The molecule has 0 amide bonds. The van der Waals surface area contributed by atoms with Crippen LogP contribution in [0.3, 0.4) is 0 Å². The van der Waals surface area contributed by atoms with Crippen molar-refractivity contribution in [2.24, 2.45) is 0 Å². The quantitative estimate of drug-likeness (QED) is 0.845. The Morgan fingerprint density at radius 3 is 2.35 bits per heavy atom. The van der Waals surface area contributed by atoms with E-state index in [4.69, 9.17) is 34.8 Å². The molecule has 2 rings (SSSR count). The maximum atomic E-state index is 12.3. The van der Waals surface area contributed by atoms with Gasteiger partial charge in [-0.15, -0.1) is 0 Å². The second-order valence-corrected chi connectivity index (χ2v) is 7.48. The van der Waals surface area contributed by atoms with Gasteiger partial charge in [-0.3, -0.25) is 0 Å². The molecule has 0 unspecified atom stereocenters. The van der Waals surface area contributed by atoms with Crippen molar-refractivity contribution in [2.75, 3.05) is 0 Å². The van der Waals surface area contributed by atoms with Crippen LogP contribution in [0.4, 0.5) is 0 Å². The monoisotopic (exact) mass is 392 g/mol. The maximum absolute atomic E-state index is 12.3. The minimum absolute atomic E-state index is 0.107. The second kappa shape index (κ2) is 7.07. The van der Waals surface area contributed by atoms with E-state index in [0.29, 0.717) is 15.6 Å². The zero-order valence-electron chi connectivity index (χ0n) is 11.3. The number of hydrogen-bond acceptors (Lipinski definition) is 4.